The quantitative estimate of drug-likeness (QED) is 0.725. The highest BCUT2D eigenvalue weighted by atomic mass is 16.5. The third-order valence-electron chi connectivity index (χ3n) is 2.93. The Bertz CT molecular complexity index is 758. The molecular weight excluding hydrogens is 294 g/mol. The molecule has 0 radical (unpaired) electrons. The second-order valence-corrected chi connectivity index (χ2v) is 4.22. The van der Waals surface area contributed by atoms with Gasteiger partial charge in [-0.25, -0.2) is 14.4 Å². The summed E-state index contributed by atoms with van der Waals surface area (Å²) < 4.78 is 9.63. The van der Waals surface area contributed by atoms with Crippen LogP contribution in [0.2, 0.25) is 0 Å². The first-order chi connectivity index (χ1) is 10.4. The highest BCUT2D eigenvalue weighted by Gasteiger charge is 2.29. The summed E-state index contributed by atoms with van der Waals surface area (Å²) in [6.07, 6.45) is 0. The van der Waals surface area contributed by atoms with Crippen molar-refractivity contribution in [1.29, 1.82) is 0 Å². The average molecular weight is 305 g/mol. The first kappa shape index (κ1) is 15.1. The zero-order valence-electron chi connectivity index (χ0n) is 11.3. The Labute approximate surface area is 123 Å². The number of anilines is 1. The molecule has 0 atom stereocenters. The molecule has 0 saturated heterocycles. The van der Waals surface area contributed by atoms with E-state index in [2.05, 4.69) is 4.74 Å². The number of carbonyl (C=O) groups is 3. The van der Waals surface area contributed by atoms with E-state index in [1.54, 1.807) is 0 Å². The van der Waals surface area contributed by atoms with Crippen molar-refractivity contribution < 1.29 is 33.8 Å². The van der Waals surface area contributed by atoms with Crippen LogP contribution in [0.25, 0.3) is 11.3 Å². The van der Waals surface area contributed by atoms with E-state index in [1.807, 2.05) is 0 Å². The van der Waals surface area contributed by atoms with Gasteiger partial charge in [0.2, 0.25) is 5.88 Å². The standard InChI is InChI=1S/C14H11NO7/c1-21-14(20)7-4-2-6(3-5-7)10-8(12(16)17)9(13(18)19)11(15)22-10/h2-5H,15H2,1H3,(H,16,17)(H,18,19). The van der Waals surface area contributed by atoms with E-state index in [0.717, 1.165) is 0 Å². The van der Waals surface area contributed by atoms with Gasteiger partial charge >= 0.3 is 17.9 Å². The predicted octanol–water partition coefficient (Wildman–Crippen LogP) is 1.71. The van der Waals surface area contributed by atoms with E-state index in [9.17, 15) is 19.5 Å². The lowest BCUT2D eigenvalue weighted by atomic mass is 10.0. The summed E-state index contributed by atoms with van der Waals surface area (Å²) in [5.41, 5.74) is 4.79. The van der Waals surface area contributed by atoms with Crippen molar-refractivity contribution in [2.45, 2.75) is 0 Å². The normalized spacial score (nSPS) is 10.2. The van der Waals surface area contributed by atoms with Crippen LogP contribution < -0.4 is 5.73 Å². The molecule has 1 aromatic carbocycles. The molecule has 0 aliphatic heterocycles. The van der Waals surface area contributed by atoms with Crippen LogP contribution in [0.1, 0.15) is 31.1 Å². The number of hydrogen-bond acceptors (Lipinski definition) is 6. The third-order valence-corrected chi connectivity index (χ3v) is 2.93. The van der Waals surface area contributed by atoms with Gasteiger partial charge in [0.05, 0.1) is 12.7 Å². The van der Waals surface area contributed by atoms with Crippen LogP contribution in [0.15, 0.2) is 28.7 Å². The summed E-state index contributed by atoms with van der Waals surface area (Å²) in [7, 11) is 1.23. The van der Waals surface area contributed by atoms with E-state index >= 15 is 0 Å². The molecule has 2 aromatic rings. The minimum Gasteiger partial charge on any atom is -0.478 e. The summed E-state index contributed by atoms with van der Waals surface area (Å²) >= 11 is 0. The molecular formula is C14H11NO7. The van der Waals surface area contributed by atoms with Crippen molar-refractivity contribution in [1.82, 2.24) is 0 Å². The predicted molar refractivity (Wildman–Crippen MR) is 73.8 cm³/mol. The number of nitrogens with two attached hydrogens (primary N) is 1. The molecule has 2 rings (SSSR count). The van der Waals surface area contributed by atoms with Crippen molar-refractivity contribution in [3.05, 3.63) is 41.0 Å². The van der Waals surface area contributed by atoms with Gasteiger partial charge in [-0.2, -0.15) is 0 Å². The molecule has 0 fully saturated rings. The lowest BCUT2D eigenvalue weighted by molar-refractivity contribution is 0.0599. The molecule has 114 valence electrons. The van der Waals surface area contributed by atoms with Gasteiger partial charge in [-0.15, -0.1) is 0 Å². The second-order valence-electron chi connectivity index (χ2n) is 4.22. The second kappa shape index (κ2) is 5.60. The maximum absolute atomic E-state index is 11.3. The van der Waals surface area contributed by atoms with Gasteiger partial charge in [0.1, 0.15) is 11.1 Å². The van der Waals surface area contributed by atoms with E-state index in [-0.39, 0.29) is 16.9 Å². The summed E-state index contributed by atoms with van der Waals surface area (Å²) in [5, 5.41) is 18.2. The number of ether oxygens (including phenoxy) is 1. The summed E-state index contributed by atoms with van der Waals surface area (Å²) in [6.45, 7) is 0. The summed E-state index contributed by atoms with van der Waals surface area (Å²) in [4.78, 5) is 33.8. The van der Waals surface area contributed by atoms with Crippen LogP contribution in [0, 0.1) is 0 Å². The molecule has 1 heterocycles. The lowest BCUT2D eigenvalue weighted by Gasteiger charge is -2.02. The van der Waals surface area contributed by atoms with Crippen molar-refractivity contribution >= 4 is 23.8 Å². The Morgan fingerprint density at radius 1 is 1.05 bits per heavy atom. The van der Waals surface area contributed by atoms with Gasteiger partial charge in [-0.1, -0.05) is 12.1 Å². The van der Waals surface area contributed by atoms with E-state index in [1.165, 1.54) is 31.4 Å². The van der Waals surface area contributed by atoms with Gasteiger partial charge in [-0.3, -0.25) is 0 Å². The van der Waals surface area contributed by atoms with Crippen LogP contribution in [0.4, 0.5) is 5.88 Å². The van der Waals surface area contributed by atoms with Crippen molar-refractivity contribution in [2.75, 3.05) is 12.8 Å². The summed E-state index contributed by atoms with van der Waals surface area (Å²) in [5.74, 6) is -4.24. The van der Waals surface area contributed by atoms with Crippen LogP contribution in [0.3, 0.4) is 0 Å². The monoisotopic (exact) mass is 305 g/mol. The van der Waals surface area contributed by atoms with Gasteiger partial charge in [0.15, 0.2) is 5.76 Å². The maximum Gasteiger partial charge on any atom is 0.342 e. The Morgan fingerprint density at radius 2 is 1.59 bits per heavy atom. The fraction of sp³-hybridized carbons (Fsp3) is 0.0714. The smallest absolute Gasteiger partial charge is 0.342 e. The highest BCUT2D eigenvalue weighted by Crippen LogP contribution is 2.33. The highest BCUT2D eigenvalue weighted by molar-refractivity contribution is 6.08. The number of methoxy groups -OCH3 is 1. The minimum atomic E-state index is -1.50. The van der Waals surface area contributed by atoms with Gasteiger partial charge in [0.25, 0.3) is 0 Å². The Kier molecular flexibility index (Phi) is 3.85. The van der Waals surface area contributed by atoms with Crippen LogP contribution in [-0.4, -0.2) is 35.2 Å². The van der Waals surface area contributed by atoms with Crippen LogP contribution in [0.5, 0.6) is 0 Å². The number of benzene rings is 1. The number of hydrogen-bond donors (Lipinski definition) is 3. The SMILES string of the molecule is COC(=O)c1ccc(-c2oc(N)c(C(=O)O)c2C(=O)O)cc1. The summed E-state index contributed by atoms with van der Waals surface area (Å²) in [6, 6.07) is 5.60. The lowest BCUT2D eigenvalue weighted by Crippen LogP contribution is -2.08. The Morgan fingerprint density at radius 3 is 2.05 bits per heavy atom. The first-order valence-electron chi connectivity index (χ1n) is 5.94. The number of carbonyl (C=O) groups excluding carboxylic acids is 1. The number of carboxylic acid groups (broad SMARTS) is 2. The topological polar surface area (TPSA) is 140 Å². The third kappa shape index (κ3) is 2.49. The number of esters is 1. The van der Waals surface area contributed by atoms with Crippen molar-refractivity contribution in [2.24, 2.45) is 0 Å². The molecule has 1 aromatic heterocycles. The number of carboxylic acids is 2. The van der Waals surface area contributed by atoms with Crippen molar-refractivity contribution in [3.63, 3.8) is 0 Å². The Hall–Kier alpha value is -3.29. The molecule has 22 heavy (non-hydrogen) atoms. The van der Waals surface area contributed by atoms with Gasteiger partial charge in [-0.05, 0) is 12.1 Å². The zero-order valence-corrected chi connectivity index (χ0v) is 11.3. The first-order valence-corrected chi connectivity index (χ1v) is 5.94. The van der Waals surface area contributed by atoms with Gasteiger partial charge < -0.3 is 25.1 Å². The van der Waals surface area contributed by atoms with E-state index in [4.69, 9.17) is 15.3 Å². The molecule has 0 aliphatic rings. The average Bonchev–Trinajstić information content (AvgIpc) is 2.84. The molecule has 0 aliphatic carbocycles. The molecule has 8 heteroatoms. The number of furan rings is 1. The zero-order chi connectivity index (χ0) is 16.4. The maximum atomic E-state index is 11.3. The largest absolute Gasteiger partial charge is 0.478 e. The molecule has 0 unspecified atom stereocenters. The number of aromatic carboxylic acids is 2. The molecule has 8 nitrogen and oxygen atoms in total. The minimum absolute atomic E-state index is 0.196. The number of rotatable bonds is 4. The van der Waals surface area contributed by atoms with Gasteiger partial charge in [0, 0.05) is 5.56 Å². The number of nitrogen functional groups attached to an aromatic ring is 1. The molecule has 0 saturated carbocycles. The van der Waals surface area contributed by atoms with E-state index in [0.29, 0.717) is 0 Å². The Balaban J connectivity index is 2.58. The fourth-order valence-corrected chi connectivity index (χ4v) is 1.94. The van der Waals surface area contributed by atoms with Crippen LogP contribution >= 0.6 is 0 Å². The molecule has 4 N–H and O–H groups in total. The fourth-order valence-electron chi connectivity index (χ4n) is 1.94. The molecule has 0 bridgehead atoms. The molecule has 0 amide bonds. The van der Waals surface area contributed by atoms with Crippen LogP contribution in [-0.2, 0) is 4.74 Å². The molecule has 0 spiro atoms. The van der Waals surface area contributed by atoms with Crippen molar-refractivity contribution in [3.8, 4) is 11.3 Å². The van der Waals surface area contributed by atoms with E-state index < -0.39 is 34.9 Å².